The molecule has 0 aromatic rings. The summed E-state index contributed by atoms with van der Waals surface area (Å²) in [5.74, 6) is 0.0431. The summed E-state index contributed by atoms with van der Waals surface area (Å²) in [6, 6.07) is 0. The minimum Gasteiger partial charge on any atom is -0.511 e. The van der Waals surface area contributed by atoms with Crippen molar-refractivity contribution in [1.29, 1.82) is 0 Å². The summed E-state index contributed by atoms with van der Waals surface area (Å²) >= 11 is 0. The Hall–Kier alpha value is -2.16. The SMILES string of the molecule is CC(C)=CCC[C@]1(C)[C@H](CC=C(C)C)CC2(CC=C(C)C)C[C@]1(C(=O)C(C)C)C(O)=C(CC=C(C)C)C2=O. The fraction of sp³-hybridized carbons (Fsp3) is 0.657. The molecule has 2 aliphatic carbocycles. The number of aliphatic hydroxyl groups excluding tert-OH is 1. The number of hydrogen-bond donors (Lipinski definition) is 1. The van der Waals surface area contributed by atoms with Crippen LogP contribution in [0.5, 0.6) is 0 Å². The van der Waals surface area contributed by atoms with Crippen molar-refractivity contribution < 1.29 is 14.7 Å². The highest BCUT2D eigenvalue weighted by Crippen LogP contribution is 2.69. The smallest absolute Gasteiger partial charge is 0.169 e. The highest BCUT2D eigenvalue weighted by molar-refractivity contribution is 6.05. The number of fused-ring (bicyclic) bond motifs is 2. The van der Waals surface area contributed by atoms with Gasteiger partial charge in [-0.2, -0.15) is 0 Å². The Morgan fingerprint density at radius 2 is 1.47 bits per heavy atom. The molecule has 2 aliphatic rings. The Labute approximate surface area is 233 Å². The Bertz CT molecular complexity index is 1060. The van der Waals surface area contributed by atoms with E-state index < -0.39 is 16.2 Å². The predicted octanol–water partition coefficient (Wildman–Crippen LogP) is 9.81. The van der Waals surface area contributed by atoms with Crippen LogP contribution in [0.4, 0.5) is 0 Å². The first-order valence-corrected chi connectivity index (χ1v) is 14.6. The first-order chi connectivity index (χ1) is 17.5. The molecule has 0 radical (unpaired) electrons. The topological polar surface area (TPSA) is 54.4 Å². The van der Waals surface area contributed by atoms with Gasteiger partial charge >= 0.3 is 0 Å². The molecule has 3 nitrogen and oxygen atoms in total. The number of aliphatic hydroxyl groups is 1. The summed E-state index contributed by atoms with van der Waals surface area (Å²) in [5, 5.41) is 12.2. The number of allylic oxidation sites excluding steroid dienone is 10. The molecule has 0 saturated heterocycles. The van der Waals surface area contributed by atoms with E-state index in [-0.39, 0.29) is 29.2 Å². The van der Waals surface area contributed by atoms with Gasteiger partial charge in [-0.3, -0.25) is 9.59 Å². The van der Waals surface area contributed by atoms with Gasteiger partial charge in [-0.1, -0.05) is 67.4 Å². The van der Waals surface area contributed by atoms with E-state index >= 15 is 0 Å². The van der Waals surface area contributed by atoms with E-state index in [9.17, 15) is 14.7 Å². The van der Waals surface area contributed by atoms with E-state index in [0.717, 1.165) is 31.3 Å². The number of hydrogen-bond acceptors (Lipinski definition) is 3. The van der Waals surface area contributed by atoms with Crippen LogP contribution in [0.3, 0.4) is 0 Å². The average Bonchev–Trinajstić information content (AvgIpc) is 2.80. The molecule has 4 atom stereocenters. The van der Waals surface area contributed by atoms with Gasteiger partial charge in [0.2, 0.25) is 0 Å². The quantitative estimate of drug-likeness (QED) is 0.275. The highest BCUT2D eigenvalue weighted by atomic mass is 16.3. The molecule has 1 saturated carbocycles. The number of ketones is 2. The van der Waals surface area contributed by atoms with Crippen LogP contribution in [-0.4, -0.2) is 16.7 Å². The third-order valence-corrected chi connectivity index (χ3v) is 9.15. The van der Waals surface area contributed by atoms with Crippen LogP contribution in [0.25, 0.3) is 0 Å². The predicted molar refractivity (Wildman–Crippen MR) is 161 cm³/mol. The van der Waals surface area contributed by atoms with Gasteiger partial charge < -0.3 is 5.11 Å². The summed E-state index contributed by atoms with van der Waals surface area (Å²) in [6.45, 7) is 22.7. The van der Waals surface area contributed by atoms with Gasteiger partial charge in [-0.15, -0.1) is 0 Å². The maximum Gasteiger partial charge on any atom is 0.169 e. The molecule has 0 heterocycles. The summed E-state index contributed by atoms with van der Waals surface area (Å²) < 4.78 is 0. The number of carbonyl (C=O) groups is 2. The van der Waals surface area contributed by atoms with Gasteiger partial charge in [-0.05, 0) is 112 Å². The van der Waals surface area contributed by atoms with Gasteiger partial charge in [0.25, 0.3) is 0 Å². The highest BCUT2D eigenvalue weighted by Gasteiger charge is 2.69. The van der Waals surface area contributed by atoms with Crippen molar-refractivity contribution >= 4 is 11.6 Å². The minimum atomic E-state index is -1.08. The zero-order valence-corrected chi connectivity index (χ0v) is 26.2. The molecule has 212 valence electrons. The molecule has 38 heavy (non-hydrogen) atoms. The Kier molecular flexibility index (Phi) is 10.4. The van der Waals surface area contributed by atoms with Gasteiger partial charge in [0.15, 0.2) is 5.78 Å². The Morgan fingerprint density at radius 3 is 1.97 bits per heavy atom. The molecule has 1 unspecified atom stereocenters. The third-order valence-electron chi connectivity index (χ3n) is 9.15. The molecule has 0 amide bonds. The van der Waals surface area contributed by atoms with Gasteiger partial charge in [0, 0.05) is 16.9 Å². The zero-order valence-electron chi connectivity index (χ0n) is 26.2. The summed E-state index contributed by atoms with van der Waals surface area (Å²) in [6.07, 6.45) is 13.3. The largest absolute Gasteiger partial charge is 0.511 e. The van der Waals surface area contributed by atoms with E-state index in [0.29, 0.717) is 24.8 Å². The van der Waals surface area contributed by atoms with Crippen LogP contribution in [0.2, 0.25) is 0 Å². The molecule has 2 rings (SSSR count). The lowest BCUT2D eigenvalue weighted by atomic mass is 9.38. The molecule has 1 N–H and O–H groups in total. The average molecular weight is 523 g/mol. The number of carbonyl (C=O) groups excluding carboxylic acids is 2. The second kappa shape index (κ2) is 12.3. The van der Waals surface area contributed by atoms with Crippen LogP contribution in [0, 0.1) is 28.1 Å². The summed E-state index contributed by atoms with van der Waals surface area (Å²) in [4.78, 5) is 29.0. The monoisotopic (exact) mass is 522 g/mol. The maximum atomic E-state index is 14.5. The van der Waals surface area contributed by atoms with Crippen LogP contribution in [0.1, 0.15) is 121 Å². The van der Waals surface area contributed by atoms with Gasteiger partial charge in [0.1, 0.15) is 11.5 Å². The van der Waals surface area contributed by atoms with Crippen molar-refractivity contribution in [3.8, 4) is 0 Å². The van der Waals surface area contributed by atoms with Crippen molar-refractivity contribution in [2.45, 2.75) is 121 Å². The Balaban J connectivity index is 3.00. The fourth-order valence-corrected chi connectivity index (χ4v) is 6.96. The molecular formula is C35H54O3. The molecule has 0 aromatic carbocycles. The van der Waals surface area contributed by atoms with Crippen molar-refractivity contribution in [2.24, 2.45) is 28.1 Å². The molecule has 2 bridgehead atoms. The lowest BCUT2D eigenvalue weighted by molar-refractivity contribution is -0.169. The van der Waals surface area contributed by atoms with Crippen molar-refractivity contribution in [1.82, 2.24) is 0 Å². The van der Waals surface area contributed by atoms with E-state index in [1.807, 2.05) is 33.8 Å². The molecule has 0 aromatic heterocycles. The Morgan fingerprint density at radius 1 is 0.921 bits per heavy atom. The lowest BCUT2D eigenvalue weighted by Gasteiger charge is -2.63. The van der Waals surface area contributed by atoms with Gasteiger partial charge in [-0.25, -0.2) is 0 Å². The molecular weight excluding hydrogens is 468 g/mol. The standard InChI is InChI=1S/C35H54O3/c1-23(2)13-12-19-33(11)28(16-14-24(3)4)21-34(20-18-26(7)8)22-35(33,30(36)27(9)10)32(38)29(31(34)37)17-15-25(5)6/h13-15,18,27-28,38H,12,16-17,19-22H2,1-11H3/t28-,33-,34?,35+/m1/s1. The molecule has 3 heteroatoms. The maximum absolute atomic E-state index is 14.5. The normalized spacial score (nSPS) is 28.6. The summed E-state index contributed by atoms with van der Waals surface area (Å²) in [7, 11) is 0. The van der Waals surface area contributed by atoms with Crippen molar-refractivity contribution in [3.05, 3.63) is 57.9 Å². The fourth-order valence-electron chi connectivity index (χ4n) is 6.96. The van der Waals surface area contributed by atoms with E-state index in [2.05, 4.69) is 66.7 Å². The van der Waals surface area contributed by atoms with Crippen LogP contribution in [-0.2, 0) is 9.59 Å². The number of Topliss-reactive ketones (excluding diaryl/α,β-unsaturated/α-hetero) is 2. The van der Waals surface area contributed by atoms with Crippen LogP contribution < -0.4 is 0 Å². The van der Waals surface area contributed by atoms with Crippen LogP contribution in [0.15, 0.2) is 57.9 Å². The van der Waals surface area contributed by atoms with E-state index in [1.54, 1.807) is 0 Å². The first-order valence-electron chi connectivity index (χ1n) is 14.6. The van der Waals surface area contributed by atoms with Crippen molar-refractivity contribution in [3.63, 3.8) is 0 Å². The van der Waals surface area contributed by atoms with Crippen LogP contribution >= 0.6 is 0 Å². The molecule has 0 spiro atoms. The number of rotatable bonds is 11. The van der Waals surface area contributed by atoms with E-state index in [1.165, 1.54) is 16.7 Å². The van der Waals surface area contributed by atoms with Crippen molar-refractivity contribution in [2.75, 3.05) is 0 Å². The van der Waals surface area contributed by atoms with Gasteiger partial charge in [0.05, 0.1) is 5.41 Å². The molecule has 1 fully saturated rings. The zero-order chi connectivity index (χ0) is 29.1. The first kappa shape index (κ1) is 32.1. The lowest BCUT2D eigenvalue weighted by Crippen LogP contribution is -2.63. The second-order valence-electron chi connectivity index (χ2n) is 13.7. The second-order valence-corrected chi connectivity index (χ2v) is 13.7. The summed E-state index contributed by atoms with van der Waals surface area (Å²) in [5.41, 5.74) is 2.99. The van der Waals surface area contributed by atoms with E-state index in [4.69, 9.17) is 0 Å². The molecule has 0 aliphatic heterocycles. The third kappa shape index (κ3) is 6.18. The minimum absolute atomic E-state index is 0.0470.